The molecule has 0 unspecified atom stereocenters. The van der Waals surface area contributed by atoms with Crippen molar-refractivity contribution in [1.82, 2.24) is 9.36 Å². The van der Waals surface area contributed by atoms with Crippen molar-refractivity contribution in [2.75, 3.05) is 5.32 Å². The molecule has 0 atom stereocenters. The number of rotatable bonds is 4. The lowest BCUT2D eigenvalue weighted by Crippen LogP contribution is -2.22. The van der Waals surface area contributed by atoms with Crippen molar-refractivity contribution in [3.8, 4) is 0 Å². The number of aromatic nitrogens is 2. The number of nitrogens with zero attached hydrogens (tertiary/aromatic N) is 2. The lowest BCUT2D eigenvalue weighted by molar-refractivity contribution is -0.116. The first-order valence-electron chi connectivity index (χ1n) is 5.82. The second kappa shape index (κ2) is 5.39. The van der Waals surface area contributed by atoms with Crippen molar-refractivity contribution < 1.29 is 4.79 Å². The highest BCUT2D eigenvalue weighted by molar-refractivity contribution is 7.09. The quantitative estimate of drug-likeness (QED) is 0.876. The van der Waals surface area contributed by atoms with Gasteiger partial charge in [-0.15, -0.1) is 0 Å². The summed E-state index contributed by atoms with van der Waals surface area (Å²) in [7, 11) is 0. The van der Waals surface area contributed by atoms with Gasteiger partial charge in [0, 0.05) is 17.6 Å². The summed E-state index contributed by atoms with van der Waals surface area (Å²) in [6.07, 6.45) is 6.75. The summed E-state index contributed by atoms with van der Waals surface area (Å²) in [6.45, 7) is 1.56. The summed E-state index contributed by atoms with van der Waals surface area (Å²) in [5.41, 5.74) is 0. The SMILES string of the molecule is CC(=O)Cc1nsc(NC2CCCCC2)n1. The van der Waals surface area contributed by atoms with Gasteiger partial charge in [0.15, 0.2) is 5.82 Å². The molecule has 88 valence electrons. The largest absolute Gasteiger partial charge is 0.358 e. The summed E-state index contributed by atoms with van der Waals surface area (Å²) >= 11 is 1.36. The lowest BCUT2D eigenvalue weighted by atomic mass is 9.96. The Morgan fingerprint density at radius 1 is 1.44 bits per heavy atom. The van der Waals surface area contributed by atoms with Crippen LogP contribution in [0.3, 0.4) is 0 Å². The van der Waals surface area contributed by atoms with Crippen LogP contribution >= 0.6 is 11.5 Å². The number of ketones is 1. The Bertz CT molecular complexity index is 358. The number of carbonyl (C=O) groups excluding carboxylic acids is 1. The minimum absolute atomic E-state index is 0.113. The van der Waals surface area contributed by atoms with Crippen LogP contribution in [0.2, 0.25) is 0 Å². The number of carbonyl (C=O) groups is 1. The van der Waals surface area contributed by atoms with Crippen molar-refractivity contribution in [3.63, 3.8) is 0 Å². The van der Waals surface area contributed by atoms with Crippen LogP contribution in [0.1, 0.15) is 44.9 Å². The monoisotopic (exact) mass is 239 g/mol. The highest BCUT2D eigenvalue weighted by Crippen LogP contribution is 2.22. The summed E-state index contributed by atoms with van der Waals surface area (Å²) in [4.78, 5) is 15.2. The van der Waals surface area contributed by atoms with Gasteiger partial charge in [0.1, 0.15) is 5.78 Å². The summed E-state index contributed by atoms with van der Waals surface area (Å²) < 4.78 is 4.17. The molecule has 0 radical (unpaired) electrons. The number of hydrogen-bond acceptors (Lipinski definition) is 5. The Labute approximate surface area is 99.6 Å². The lowest BCUT2D eigenvalue weighted by Gasteiger charge is -2.21. The van der Waals surface area contributed by atoms with E-state index in [0.29, 0.717) is 18.3 Å². The fourth-order valence-electron chi connectivity index (χ4n) is 2.03. The molecule has 0 bridgehead atoms. The normalized spacial score (nSPS) is 17.3. The van der Waals surface area contributed by atoms with Crippen molar-refractivity contribution in [3.05, 3.63) is 5.82 Å². The average Bonchev–Trinajstić information content (AvgIpc) is 2.66. The van der Waals surface area contributed by atoms with Gasteiger partial charge < -0.3 is 5.32 Å². The van der Waals surface area contributed by atoms with E-state index in [0.717, 1.165) is 5.13 Å². The molecule has 2 rings (SSSR count). The van der Waals surface area contributed by atoms with Crippen LogP contribution in [0.5, 0.6) is 0 Å². The molecule has 1 aliphatic carbocycles. The van der Waals surface area contributed by atoms with Crippen molar-refractivity contribution in [2.24, 2.45) is 0 Å². The summed E-state index contributed by atoms with van der Waals surface area (Å²) in [5, 5.41) is 4.27. The predicted octanol–water partition coefficient (Wildman–Crippen LogP) is 2.41. The van der Waals surface area contributed by atoms with E-state index in [9.17, 15) is 4.79 Å². The summed E-state index contributed by atoms with van der Waals surface area (Å²) in [6, 6.07) is 0.548. The third kappa shape index (κ3) is 3.27. The van der Waals surface area contributed by atoms with Crippen LogP contribution in [-0.2, 0) is 11.2 Å². The van der Waals surface area contributed by atoms with Gasteiger partial charge >= 0.3 is 0 Å². The number of hydrogen-bond donors (Lipinski definition) is 1. The Morgan fingerprint density at radius 2 is 2.19 bits per heavy atom. The molecule has 4 nitrogen and oxygen atoms in total. The fourth-order valence-corrected chi connectivity index (χ4v) is 2.69. The van der Waals surface area contributed by atoms with E-state index < -0.39 is 0 Å². The van der Waals surface area contributed by atoms with Crippen LogP contribution in [0.25, 0.3) is 0 Å². The molecule has 1 fully saturated rings. The minimum Gasteiger partial charge on any atom is -0.358 e. The zero-order valence-electron chi connectivity index (χ0n) is 9.53. The maximum atomic E-state index is 10.9. The van der Waals surface area contributed by atoms with Crippen molar-refractivity contribution in [2.45, 2.75) is 51.5 Å². The molecule has 16 heavy (non-hydrogen) atoms. The van der Waals surface area contributed by atoms with Gasteiger partial charge in [-0.05, 0) is 19.8 Å². The Hall–Kier alpha value is -0.970. The van der Waals surface area contributed by atoms with E-state index in [2.05, 4.69) is 14.7 Å². The molecule has 1 aliphatic rings. The van der Waals surface area contributed by atoms with Gasteiger partial charge in [-0.3, -0.25) is 4.79 Å². The molecule has 5 heteroatoms. The highest BCUT2D eigenvalue weighted by atomic mass is 32.1. The van der Waals surface area contributed by atoms with E-state index in [1.807, 2.05) is 0 Å². The Balaban J connectivity index is 1.88. The number of nitrogens with one attached hydrogen (secondary N) is 1. The van der Waals surface area contributed by atoms with E-state index in [4.69, 9.17) is 0 Å². The molecule has 1 aromatic rings. The molecule has 0 spiro atoms. The maximum absolute atomic E-state index is 10.9. The standard InChI is InChI=1S/C11H17N3OS/c1-8(15)7-10-13-11(16-14-10)12-9-5-3-2-4-6-9/h9H,2-7H2,1H3,(H,12,13,14). The molecule has 0 aromatic carbocycles. The first-order chi connectivity index (χ1) is 7.74. The zero-order valence-corrected chi connectivity index (χ0v) is 10.3. The van der Waals surface area contributed by atoms with Crippen LogP contribution in [0.4, 0.5) is 5.13 Å². The first kappa shape index (κ1) is 11.5. The molecule has 0 aliphatic heterocycles. The predicted molar refractivity (Wildman–Crippen MR) is 64.8 cm³/mol. The van der Waals surface area contributed by atoms with Crippen LogP contribution < -0.4 is 5.32 Å². The van der Waals surface area contributed by atoms with E-state index in [1.165, 1.54) is 43.6 Å². The van der Waals surface area contributed by atoms with E-state index in [1.54, 1.807) is 6.92 Å². The maximum Gasteiger partial charge on any atom is 0.202 e. The van der Waals surface area contributed by atoms with Crippen LogP contribution in [0.15, 0.2) is 0 Å². The molecular formula is C11H17N3OS. The fraction of sp³-hybridized carbons (Fsp3) is 0.727. The van der Waals surface area contributed by atoms with Crippen LogP contribution in [-0.4, -0.2) is 21.2 Å². The smallest absolute Gasteiger partial charge is 0.202 e. The Morgan fingerprint density at radius 3 is 2.88 bits per heavy atom. The van der Waals surface area contributed by atoms with E-state index >= 15 is 0 Å². The average molecular weight is 239 g/mol. The number of anilines is 1. The molecular weight excluding hydrogens is 222 g/mol. The van der Waals surface area contributed by atoms with E-state index in [-0.39, 0.29) is 5.78 Å². The van der Waals surface area contributed by atoms with Gasteiger partial charge in [-0.2, -0.15) is 4.37 Å². The molecule has 1 N–H and O–H groups in total. The van der Waals surface area contributed by atoms with Crippen LogP contribution in [0, 0.1) is 0 Å². The molecule has 0 amide bonds. The van der Waals surface area contributed by atoms with Gasteiger partial charge in [-0.25, -0.2) is 4.98 Å². The topological polar surface area (TPSA) is 54.9 Å². The third-order valence-electron chi connectivity index (χ3n) is 2.81. The second-order valence-electron chi connectivity index (χ2n) is 4.37. The minimum atomic E-state index is 0.113. The van der Waals surface area contributed by atoms with Crippen molar-refractivity contribution in [1.29, 1.82) is 0 Å². The van der Waals surface area contributed by atoms with Gasteiger partial charge in [0.2, 0.25) is 5.13 Å². The van der Waals surface area contributed by atoms with Gasteiger partial charge in [0.25, 0.3) is 0 Å². The molecule has 0 saturated heterocycles. The molecule has 1 heterocycles. The molecule has 1 aromatic heterocycles. The Kier molecular flexibility index (Phi) is 3.88. The summed E-state index contributed by atoms with van der Waals surface area (Å²) in [5.74, 6) is 0.762. The van der Waals surface area contributed by atoms with Gasteiger partial charge in [-0.1, -0.05) is 19.3 Å². The first-order valence-corrected chi connectivity index (χ1v) is 6.60. The third-order valence-corrected chi connectivity index (χ3v) is 3.49. The second-order valence-corrected chi connectivity index (χ2v) is 5.13. The number of Topliss-reactive ketones (excluding diaryl/α,β-unsaturated/α-hetero) is 1. The van der Waals surface area contributed by atoms with Crippen molar-refractivity contribution >= 4 is 22.4 Å². The van der Waals surface area contributed by atoms with Gasteiger partial charge in [0.05, 0.1) is 6.42 Å². The zero-order chi connectivity index (χ0) is 11.4. The highest BCUT2D eigenvalue weighted by Gasteiger charge is 2.15. The molecule has 1 saturated carbocycles.